The van der Waals surface area contributed by atoms with Crippen molar-refractivity contribution in [2.24, 2.45) is 16.8 Å². The van der Waals surface area contributed by atoms with Crippen molar-refractivity contribution in [3.05, 3.63) is 42.3 Å². The topological polar surface area (TPSA) is 80.0 Å². The van der Waals surface area contributed by atoms with Crippen LogP contribution in [-0.2, 0) is 9.53 Å². The van der Waals surface area contributed by atoms with Gasteiger partial charge in [-0.3, -0.25) is 4.79 Å². The number of amidine groups is 1. The van der Waals surface area contributed by atoms with Crippen LogP contribution in [0.4, 0.5) is 5.69 Å². The minimum Gasteiger partial charge on any atom is -0.478 e. The average molecular weight is 344 g/mol. The maximum Gasteiger partial charge on any atom is 0.234 e. The van der Waals surface area contributed by atoms with Crippen LogP contribution in [0.3, 0.4) is 0 Å². The van der Waals surface area contributed by atoms with E-state index in [4.69, 9.17) is 10.5 Å². The highest BCUT2D eigenvalue weighted by Gasteiger charge is 2.29. The van der Waals surface area contributed by atoms with E-state index in [1.807, 2.05) is 30.3 Å². The van der Waals surface area contributed by atoms with Crippen LogP contribution >= 0.6 is 0 Å². The highest BCUT2D eigenvalue weighted by atomic mass is 16.5. The molecular formula is C19H28N4O2. The van der Waals surface area contributed by atoms with E-state index in [-0.39, 0.29) is 11.7 Å². The summed E-state index contributed by atoms with van der Waals surface area (Å²) in [4.78, 5) is 12.4. The molecule has 1 aromatic rings. The summed E-state index contributed by atoms with van der Waals surface area (Å²) in [5.41, 5.74) is 6.92. The zero-order valence-electron chi connectivity index (χ0n) is 15.1. The molecule has 2 rings (SSSR count). The van der Waals surface area contributed by atoms with Gasteiger partial charge in [0.05, 0.1) is 12.3 Å². The Balaban J connectivity index is 2.19. The van der Waals surface area contributed by atoms with Gasteiger partial charge in [0.15, 0.2) is 0 Å². The molecule has 3 N–H and O–H groups in total. The molecule has 0 aliphatic carbocycles. The first-order chi connectivity index (χ1) is 12.2. The lowest BCUT2D eigenvalue weighted by molar-refractivity contribution is -0.122. The zero-order chi connectivity index (χ0) is 18.1. The second kappa shape index (κ2) is 9.71. The van der Waals surface area contributed by atoms with E-state index in [1.54, 1.807) is 11.1 Å². The lowest BCUT2D eigenvalue weighted by atomic mass is 10.1. The molecule has 136 valence electrons. The second-order valence-electron chi connectivity index (χ2n) is 6.00. The van der Waals surface area contributed by atoms with E-state index in [0.717, 1.165) is 31.4 Å². The van der Waals surface area contributed by atoms with Crippen molar-refractivity contribution in [1.82, 2.24) is 5.32 Å². The monoisotopic (exact) mass is 344 g/mol. The first-order valence-corrected chi connectivity index (χ1v) is 8.98. The molecule has 6 nitrogen and oxygen atoms in total. The van der Waals surface area contributed by atoms with Crippen LogP contribution in [0.15, 0.2) is 47.4 Å². The molecule has 1 aliphatic rings. The van der Waals surface area contributed by atoms with Crippen LogP contribution in [0.1, 0.15) is 39.5 Å². The number of benzene rings is 1. The van der Waals surface area contributed by atoms with Gasteiger partial charge in [0.2, 0.25) is 11.8 Å². The number of ether oxygens (including phenoxy) is 1. The summed E-state index contributed by atoms with van der Waals surface area (Å²) in [6, 6.07) is 9.64. The molecule has 0 saturated carbocycles. The number of hydrazone groups is 1. The van der Waals surface area contributed by atoms with Gasteiger partial charge in [-0.05, 0) is 31.1 Å². The first-order valence-electron chi connectivity index (χ1n) is 8.98. The van der Waals surface area contributed by atoms with Crippen LogP contribution in [-0.4, -0.2) is 24.9 Å². The summed E-state index contributed by atoms with van der Waals surface area (Å²) in [5.74, 6) is 0.0673. The van der Waals surface area contributed by atoms with Crippen LogP contribution in [0.2, 0.25) is 0 Å². The van der Waals surface area contributed by atoms with Gasteiger partial charge in [-0.25, -0.2) is 0 Å². The third-order valence-corrected chi connectivity index (χ3v) is 3.91. The predicted molar refractivity (Wildman–Crippen MR) is 101 cm³/mol. The Kier molecular flexibility index (Phi) is 7.32. The molecule has 1 aliphatic heterocycles. The molecule has 1 aromatic carbocycles. The Morgan fingerprint density at radius 1 is 1.24 bits per heavy atom. The molecule has 25 heavy (non-hydrogen) atoms. The van der Waals surface area contributed by atoms with Gasteiger partial charge in [-0.15, -0.1) is 0 Å². The average Bonchev–Trinajstić information content (AvgIpc) is 2.63. The number of carbonyl (C=O) groups is 1. The molecule has 0 radical (unpaired) electrons. The van der Waals surface area contributed by atoms with Gasteiger partial charge in [0, 0.05) is 6.54 Å². The summed E-state index contributed by atoms with van der Waals surface area (Å²) in [6.45, 7) is 5.40. The van der Waals surface area contributed by atoms with Crippen molar-refractivity contribution < 1.29 is 9.53 Å². The van der Waals surface area contributed by atoms with E-state index in [1.165, 1.54) is 0 Å². The number of unbranched alkanes of at least 4 members (excludes halogenated alkanes) is 2. The third kappa shape index (κ3) is 5.24. The quantitative estimate of drug-likeness (QED) is 0.675. The fourth-order valence-corrected chi connectivity index (χ4v) is 2.42. The van der Waals surface area contributed by atoms with Gasteiger partial charge in [-0.1, -0.05) is 44.9 Å². The third-order valence-electron chi connectivity index (χ3n) is 3.91. The van der Waals surface area contributed by atoms with E-state index in [0.29, 0.717) is 19.0 Å². The van der Waals surface area contributed by atoms with Crippen LogP contribution < -0.4 is 16.1 Å². The minimum absolute atomic E-state index is 0.140. The van der Waals surface area contributed by atoms with E-state index in [2.05, 4.69) is 24.3 Å². The molecule has 0 bridgehead atoms. The predicted octanol–water partition coefficient (Wildman–Crippen LogP) is 2.97. The maximum absolute atomic E-state index is 12.4. The number of hydrogen-bond acceptors (Lipinski definition) is 5. The highest BCUT2D eigenvalue weighted by molar-refractivity contribution is 6.05. The smallest absolute Gasteiger partial charge is 0.234 e. The molecular weight excluding hydrogens is 316 g/mol. The summed E-state index contributed by atoms with van der Waals surface area (Å²) in [5, 5.41) is 8.98. The molecule has 0 spiro atoms. The van der Waals surface area contributed by atoms with Crippen molar-refractivity contribution in [3.63, 3.8) is 0 Å². The fourth-order valence-electron chi connectivity index (χ4n) is 2.42. The van der Waals surface area contributed by atoms with E-state index < -0.39 is 5.92 Å². The molecule has 0 fully saturated rings. The summed E-state index contributed by atoms with van der Waals surface area (Å²) in [7, 11) is 0. The zero-order valence-corrected chi connectivity index (χ0v) is 15.1. The van der Waals surface area contributed by atoms with Crippen LogP contribution in [0, 0.1) is 5.92 Å². The molecule has 1 unspecified atom stereocenters. The van der Waals surface area contributed by atoms with E-state index >= 15 is 0 Å². The maximum atomic E-state index is 12.4. The largest absolute Gasteiger partial charge is 0.478 e. The number of anilines is 1. The number of nitrogens with one attached hydrogen (secondary N) is 1. The van der Waals surface area contributed by atoms with Crippen molar-refractivity contribution >= 4 is 17.4 Å². The number of amides is 1. The molecule has 6 heteroatoms. The first kappa shape index (κ1) is 18.8. The van der Waals surface area contributed by atoms with Gasteiger partial charge < -0.3 is 15.8 Å². The lowest BCUT2D eigenvalue weighted by Crippen LogP contribution is -2.42. The number of rotatable bonds is 9. The van der Waals surface area contributed by atoms with Crippen molar-refractivity contribution in [1.29, 1.82) is 0 Å². The minimum atomic E-state index is -0.603. The fraction of sp³-hybridized carbons (Fsp3) is 0.474. The van der Waals surface area contributed by atoms with Crippen molar-refractivity contribution in [2.45, 2.75) is 39.5 Å². The van der Waals surface area contributed by atoms with Crippen molar-refractivity contribution in [2.75, 3.05) is 18.2 Å². The normalized spacial score (nSPS) is 16.9. The Morgan fingerprint density at radius 3 is 2.64 bits per heavy atom. The summed E-state index contributed by atoms with van der Waals surface area (Å²) >= 11 is 0. The molecule has 1 atom stereocenters. The molecule has 1 amide bonds. The van der Waals surface area contributed by atoms with Crippen LogP contribution in [0.25, 0.3) is 0 Å². The SMILES string of the molecule is CCCCNC(=O)C1C=C(OCCCC)N(c2ccccc2)N=C1N. The standard InChI is InChI=1S/C19H28N4O2/c1-3-5-12-21-19(24)16-14-17(25-13-6-4-2)23(22-18(16)20)15-10-8-7-9-11-15/h7-11,14,16H,3-6,12-13H2,1-2H3,(H2,20,22)(H,21,24). The van der Waals surface area contributed by atoms with Crippen LogP contribution in [0.5, 0.6) is 0 Å². The Hall–Kier alpha value is -2.50. The van der Waals surface area contributed by atoms with E-state index in [9.17, 15) is 4.79 Å². The highest BCUT2D eigenvalue weighted by Crippen LogP contribution is 2.25. The number of carbonyl (C=O) groups excluding carboxylic acids is 1. The molecule has 1 heterocycles. The summed E-state index contributed by atoms with van der Waals surface area (Å²) < 4.78 is 5.89. The molecule has 0 saturated heterocycles. The Morgan fingerprint density at radius 2 is 1.96 bits per heavy atom. The second-order valence-corrected chi connectivity index (χ2v) is 6.00. The summed E-state index contributed by atoms with van der Waals surface area (Å²) in [6.07, 6.45) is 5.69. The van der Waals surface area contributed by atoms with Gasteiger partial charge in [0.25, 0.3) is 0 Å². The number of hydrogen-bond donors (Lipinski definition) is 2. The Bertz CT molecular complexity index is 613. The number of para-hydroxylation sites is 1. The molecule has 0 aromatic heterocycles. The van der Waals surface area contributed by atoms with Gasteiger partial charge in [0.1, 0.15) is 11.8 Å². The van der Waals surface area contributed by atoms with Gasteiger partial charge >= 0.3 is 0 Å². The van der Waals surface area contributed by atoms with Gasteiger partial charge in [-0.2, -0.15) is 10.1 Å². The Labute approximate surface area is 149 Å². The number of nitrogens with two attached hydrogens (primary N) is 1. The lowest BCUT2D eigenvalue weighted by Gasteiger charge is -2.28. The number of nitrogens with zero attached hydrogens (tertiary/aromatic N) is 2. The van der Waals surface area contributed by atoms with Crippen molar-refractivity contribution in [3.8, 4) is 0 Å².